The maximum absolute atomic E-state index is 12.5. The van der Waals surface area contributed by atoms with Gasteiger partial charge in [-0.2, -0.15) is 0 Å². The van der Waals surface area contributed by atoms with E-state index in [0.29, 0.717) is 11.1 Å². The Hall–Kier alpha value is -3.10. The van der Waals surface area contributed by atoms with Crippen molar-refractivity contribution in [3.8, 4) is 5.88 Å². The Morgan fingerprint density at radius 1 is 1.25 bits per heavy atom. The third-order valence-corrected chi connectivity index (χ3v) is 3.70. The molecule has 28 heavy (non-hydrogen) atoms. The molecule has 0 aliphatic heterocycles. The molecule has 2 amide bonds. The zero-order valence-corrected chi connectivity index (χ0v) is 15.8. The van der Waals surface area contributed by atoms with Gasteiger partial charge in [0.1, 0.15) is 5.82 Å². The van der Waals surface area contributed by atoms with Crippen LogP contribution in [-0.4, -0.2) is 34.8 Å². The first-order valence-electron chi connectivity index (χ1n) is 8.68. The van der Waals surface area contributed by atoms with Crippen LogP contribution in [0, 0.1) is 12.8 Å². The van der Waals surface area contributed by atoms with E-state index < -0.39 is 18.9 Å². The number of nitrogens with one attached hydrogen (secondary N) is 2. The lowest BCUT2D eigenvalue weighted by Crippen LogP contribution is -2.26. The summed E-state index contributed by atoms with van der Waals surface area (Å²) in [7, 11) is 0. The molecule has 7 nitrogen and oxygen atoms in total. The molecule has 2 N–H and O–H groups in total. The number of halogens is 2. The number of carbonyl (C=O) groups is 2. The Labute approximate surface area is 161 Å². The number of nitrogens with zero attached hydrogens (tertiary/aromatic N) is 2. The number of hydrogen-bond donors (Lipinski definition) is 2. The molecular formula is C19H22F2N4O3. The molecule has 9 heteroatoms. The third-order valence-electron chi connectivity index (χ3n) is 3.70. The second kappa shape index (κ2) is 9.72. The fourth-order valence-electron chi connectivity index (χ4n) is 2.24. The van der Waals surface area contributed by atoms with Gasteiger partial charge in [0.05, 0.1) is 5.56 Å². The van der Waals surface area contributed by atoms with E-state index in [0.717, 1.165) is 0 Å². The molecule has 0 fully saturated rings. The van der Waals surface area contributed by atoms with Crippen molar-refractivity contribution in [3.05, 3.63) is 47.3 Å². The van der Waals surface area contributed by atoms with Gasteiger partial charge in [-0.05, 0) is 30.7 Å². The van der Waals surface area contributed by atoms with Crippen molar-refractivity contribution >= 4 is 17.6 Å². The maximum atomic E-state index is 12.5. The summed E-state index contributed by atoms with van der Waals surface area (Å²) in [5.74, 6) is -0.599. The molecule has 2 aromatic heterocycles. The standard InChI is InChI=1S/C19H22F2N4O3/c1-11(2)17(26)25-16-14(5-4-6-22-16)18(27)23-8-13-7-12(3)19(24-9-13)28-10-15(20)21/h4-7,9,11,15H,8,10H2,1-3H3,(H,23,27)(H,22,25,26). The third kappa shape index (κ3) is 5.97. The van der Waals surface area contributed by atoms with Crippen molar-refractivity contribution < 1.29 is 23.1 Å². The van der Waals surface area contributed by atoms with Gasteiger partial charge in [0.15, 0.2) is 6.61 Å². The molecule has 0 unspecified atom stereocenters. The van der Waals surface area contributed by atoms with Crippen LogP contribution < -0.4 is 15.4 Å². The highest BCUT2D eigenvalue weighted by Gasteiger charge is 2.16. The summed E-state index contributed by atoms with van der Waals surface area (Å²) in [5.41, 5.74) is 1.49. The zero-order chi connectivity index (χ0) is 20.7. The molecule has 2 rings (SSSR count). The van der Waals surface area contributed by atoms with E-state index in [1.807, 2.05) is 0 Å². The van der Waals surface area contributed by atoms with Crippen molar-refractivity contribution in [1.82, 2.24) is 15.3 Å². The normalized spacial score (nSPS) is 10.8. The van der Waals surface area contributed by atoms with Gasteiger partial charge in [-0.3, -0.25) is 9.59 Å². The van der Waals surface area contributed by atoms with Crippen LogP contribution in [0.4, 0.5) is 14.6 Å². The summed E-state index contributed by atoms with van der Waals surface area (Å²) in [4.78, 5) is 32.4. The van der Waals surface area contributed by atoms with E-state index in [2.05, 4.69) is 20.6 Å². The first-order valence-corrected chi connectivity index (χ1v) is 8.68. The second-order valence-corrected chi connectivity index (χ2v) is 6.39. The summed E-state index contributed by atoms with van der Waals surface area (Å²) in [5, 5.41) is 5.35. The summed E-state index contributed by atoms with van der Waals surface area (Å²) in [6.07, 6.45) is 0.349. The maximum Gasteiger partial charge on any atom is 0.272 e. The molecular weight excluding hydrogens is 370 g/mol. The molecule has 0 atom stereocenters. The molecule has 0 aliphatic carbocycles. The Kier molecular flexibility index (Phi) is 7.36. The number of hydrogen-bond acceptors (Lipinski definition) is 5. The highest BCUT2D eigenvalue weighted by molar-refractivity contribution is 6.02. The van der Waals surface area contributed by atoms with E-state index in [-0.39, 0.29) is 35.6 Å². The Balaban J connectivity index is 2.03. The van der Waals surface area contributed by atoms with Gasteiger partial charge in [0, 0.05) is 30.4 Å². The van der Waals surface area contributed by atoms with Crippen LogP contribution in [0.1, 0.15) is 35.3 Å². The van der Waals surface area contributed by atoms with Crippen molar-refractivity contribution in [3.63, 3.8) is 0 Å². The van der Waals surface area contributed by atoms with Crippen LogP contribution in [0.2, 0.25) is 0 Å². The SMILES string of the molecule is Cc1cc(CNC(=O)c2cccnc2NC(=O)C(C)C)cnc1OCC(F)F. The van der Waals surface area contributed by atoms with Gasteiger partial charge in [0.25, 0.3) is 12.3 Å². The number of amides is 2. The quantitative estimate of drug-likeness (QED) is 0.721. The van der Waals surface area contributed by atoms with Gasteiger partial charge in [-0.25, -0.2) is 18.7 Å². The number of ether oxygens (including phenoxy) is 1. The number of rotatable bonds is 8. The molecule has 0 bridgehead atoms. The van der Waals surface area contributed by atoms with Gasteiger partial charge in [0.2, 0.25) is 11.8 Å². The molecule has 0 aromatic carbocycles. The number of aromatic nitrogens is 2. The number of carbonyl (C=O) groups excluding carboxylic acids is 2. The topological polar surface area (TPSA) is 93.2 Å². The summed E-state index contributed by atoms with van der Waals surface area (Å²) < 4.78 is 29.4. The Bertz CT molecular complexity index is 844. The first kappa shape index (κ1) is 21.2. The molecule has 0 saturated carbocycles. The largest absolute Gasteiger partial charge is 0.471 e. The lowest BCUT2D eigenvalue weighted by atomic mass is 10.2. The molecule has 150 valence electrons. The summed E-state index contributed by atoms with van der Waals surface area (Å²) >= 11 is 0. The Morgan fingerprint density at radius 2 is 2.00 bits per heavy atom. The van der Waals surface area contributed by atoms with E-state index in [1.54, 1.807) is 39.0 Å². The van der Waals surface area contributed by atoms with Crippen LogP contribution in [0.25, 0.3) is 0 Å². The molecule has 0 spiro atoms. The fraction of sp³-hybridized carbons (Fsp3) is 0.368. The van der Waals surface area contributed by atoms with Crippen LogP contribution in [0.15, 0.2) is 30.6 Å². The van der Waals surface area contributed by atoms with Crippen LogP contribution in [0.5, 0.6) is 5.88 Å². The van der Waals surface area contributed by atoms with E-state index >= 15 is 0 Å². The van der Waals surface area contributed by atoms with Crippen molar-refractivity contribution in [1.29, 1.82) is 0 Å². The molecule has 2 heterocycles. The Morgan fingerprint density at radius 3 is 2.64 bits per heavy atom. The first-order chi connectivity index (χ1) is 13.3. The van der Waals surface area contributed by atoms with Crippen molar-refractivity contribution in [2.75, 3.05) is 11.9 Å². The minimum atomic E-state index is -2.58. The summed E-state index contributed by atoms with van der Waals surface area (Å²) in [6.45, 7) is 4.59. The molecule has 2 aromatic rings. The lowest BCUT2D eigenvalue weighted by molar-refractivity contribution is -0.118. The van der Waals surface area contributed by atoms with E-state index in [9.17, 15) is 18.4 Å². The molecule has 0 radical (unpaired) electrons. The fourth-order valence-corrected chi connectivity index (χ4v) is 2.24. The average Bonchev–Trinajstić information content (AvgIpc) is 2.65. The van der Waals surface area contributed by atoms with E-state index in [4.69, 9.17) is 4.74 Å². The van der Waals surface area contributed by atoms with Gasteiger partial charge < -0.3 is 15.4 Å². The summed E-state index contributed by atoms with van der Waals surface area (Å²) in [6, 6.07) is 4.85. The highest BCUT2D eigenvalue weighted by Crippen LogP contribution is 2.17. The van der Waals surface area contributed by atoms with Gasteiger partial charge >= 0.3 is 0 Å². The monoisotopic (exact) mass is 392 g/mol. The molecule has 0 saturated heterocycles. The number of pyridine rings is 2. The van der Waals surface area contributed by atoms with Crippen molar-refractivity contribution in [2.45, 2.75) is 33.7 Å². The average molecular weight is 392 g/mol. The zero-order valence-electron chi connectivity index (χ0n) is 15.8. The highest BCUT2D eigenvalue weighted by atomic mass is 19.3. The smallest absolute Gasteiger partial charge is 0.272 e. The predicted octanol–water partition coefficient (Wildman–Crippen LogP) is 2.95. The predicted molar refractivity (Wildman–Crippen MR) is 99.3 cm³/mol. The van der Waals surface area contributed by atoms with Crippen LogP contribution in [0.3, 0.4) is 0 Å². The van der Waals surface area contributed by atoms with Gasteiger partial charge in [-0.15, -0.1) is 0 Å². The molecule has 0 aliphatic rings. The van der Waals surface area contributed by atoms with Crippen molar-refractivity contribution in [2.24, 2.45) is 5.92 Å². The van der Waals surface area contributed by atoms with Crippen LogP contribution in [-0.2, 0) is 11.3 Å². The number of anilines is 1. The number of aryl methyl sites for hydroxylation is 1. The van der Waals surface area contributed by atoms with E-state index in [1.165, 1.54) is 12.4 Å². The second-order valence-electron chi connectivity index (χ2n) is 6.39. The van der Waals surface area contributed by atoms with Crippen LogP contribution >= 0.6 is 0 Å². The minimum absolute atomic E-state index is 0.126. The number of alkyl halides is 2. The lowest BCUT2D eigenvalue weighted by Gasteiger charge is -2.12. The minimum Gasteiger partial charge on any atom is -0.471 e. The van der Waals surface area contributed by atoms with Gasteiger partial charge in [-0.1, -0.05) is 13.8 Å².